The molecular formula is C18H26O3. The van der Waals surface area contributed by atoms with Gasteiger partial charge in [-0.25, -0.2) is 4.79 Å². The zero-order valence-corrected chi connectivity index (χ0v) is 13.0. The van der Waals surface area contributed by atoms with Gasteiger partial charge in [-0.1, -0.05) is 44.0 Å². The molecule has 1 aromatic rings. The van der Waals surface area contributed by atoms with Gasteiger partial charge in [0, 0.05) is 13.2 Å². The van der Waals surface area contributed by atoms with E-state index in [0.717, 1.165) is 31.2 Å². The molecule has 1 aromatic carbocycles. The van der Waals surface area contributed by atoms with Crippen molar-refractivity contribution < 1.29 is 14.6 Å². The van der Waals surface area contributed by atoms with Gasteiger partial charge >= 0.3 is 5.97 Å². The molecule has 1 N–H and O–H groups in total. The number of hydrogen-bond donors (Lipinski definition) is 1. The summed E-state index contributed by atoms with van der Waals surface area (Å²) in [6, 6.07) is 8.03. The Labute approximate surface area is 127 Å². The lowest BCUT2D eigenvalue weighted by molar-refractivity contribution is -0.131. The number of aliphatic carboxylic acids is 1. The molecule has 3 nitrogen and oxygen atoms in total. The van der Waals surface area contributed by atoms with Crippen LogP contribution in [0.5, 0.6) is 0 Å². The van der Waals surface area contributed by atoms with Gasteiger partial charge in [-0.15, -0.1) is 0 Å². The number of aryl methyl sites for hydroxylation is 1. The molecule has 0 aliphatic carbocycles. The lowest BCUT2D eigenvalue weighted by Crippen LogP contribution is -2.10. The van der Waals surface area contributed by atoms with Crippen molar-refractivity contribution >= 4 is 12.0 Å². The van der Waals surface area contributed by atoms with Crippen LogP contribution < -0.4 is 0 Å². The largest absolute Gasteiger partial charge is 0.478 e. The first-order valence-corrected chi connectivity index (χ1v) is 7.68. The van der Waals surface area contributed by atoms with Crippen LogP contribution >= 0.6 is 0 Å². The second-order valence-electron chi connectivity index (χ2n) is 5.31. The highest BCUT2D eigenvalue weighted by molar-refractivity contribution is 5.85. The van der Waals surface area contributed by atoms with E-state index < -0.39 is 5.97 Å². The van der Waals surface area contributed by atoms with Crippen LogP contribution in [-0.2, 0) is 16.0 Å². The Morgan fingerprint density at radius 1 is 1.33 bits per heavy atom. The van der Waals surface area contributed by atoms with E-state index in [4.69, 9.17) is 9.84 Å². The van der Waals surface area contributed by atoms with E-state index in [-0.39, 0.29) is 0 Å². The van der Waals surface area contributed by atoms with Crippen LogP contribution in [0.4, 0.5) is 0 Å². The lowest BCUT2D eigenvalue weighted by atomic mass is 10.0. The summed E-state index contributed by atoms with van der Waals surface area (Å²) in [5.41, 5.74) is 2.18. The minimum Gasteiger partial charge on any atom is -0.478 e. The van der Waals surface area contributed by atoms with Gasteiger partial charge in [0.2, 0.25) is 0 Å². The fourth-order valence-electron chi connectivity index (χ4n) is 2.37. The van der Waals surface area contributed by atoms with Crippen molar-refractivity contribution in [2.24, 2.45) is 0 Å². The van der Waals surface area contributed by atoms with Crippen molar-refractivity contribution in [1.82, 2.24) is 0 Å². The lowest BCUT2D eigenvalue weighted by Gasteiger charge is -2.14. The predicted octanol–water partition coefficient (Wildman–Crippen LogP) is 4.31. The third-order valence-electron chi connectivity index (χ3n) is 3.57. The van der Waals surface area contributed by atoms with E-state index in [1.807, 2.05) is 18.2 Å². The first kappa shape index (κ1) is 17.4. The average Bonchev–Trinajstić information content (AvgIpc) is 2.49. The molecule has 0 spiro atoms. The van der Waals surface area contributed by atoms with Crippen LogP contribution in [0.2, 0.25) is 0 Å². The van der Waals surface area contributed by atoms with E-state index in [2.05, 4.69) is 13.0 Å². The minimum absolute atomic E-state index is 0.361. The number of carbonyl (C=O) groups is 1. The Balaban J connectivity index is 2.44. The summed E-state index contributed by atoms with van der Waals surface area (Å²) < 4.78 is 5.50. The third kappa shape index (κ3) is 7.66. The highest BCUT2D eigenvalue weighted by Gasteiger charge is 2.06. The highest BCUT2D eigenvalue weighted by Crippen LogP contribution is 2.14. The number of carboxylic acids is 1. The van der Waals surface area contributed by atoms with Crippen molar-refractivity contribution in [3.8, 4) is 0 Å². The monoisotopic (exact) mass is 290 g/mol. The van der Waals surface area contributed by atoms with Gasteiger partial charge < -0.3 is 9.84 Å². The van der Waals surface area contributed by atoms with Crippen LogP contribution in [0.3, 0.4) is 0 Å². The Morgan fingerprint density at radius 3 is 2.76 bits per heavy atom. The van der Waals surface area contributed by atoms with Crippen molar-refractivity contribution in [3.63, 3.8) is 0 Å². The maximum atomic E-state index is 10.5. The quantitative estimate of drug-likeness (QED) is 0.653. The molecule has 0 heterocycles. The Morgan fingerprint density at radius 2 is 2.10 bits per heavy atom. The molecule has 1 rings (SSSR count). The molecule has 0 fully saturated rings. The van der Waals surface area contributed by atoms with Gasteiger partial charge in [0.1, 0.15) is 0 Å². The molecule has 1 unspecified atom stereocenters. The highest BCUT2D eigenvalue weighted by atomic mass is 16.5. The number of benzene rings is 1. The van der Waals surface area contributed by atoms with Crippen molar-refractivity contribution in [2.45, 2.75) is 51.6 Å². The molecule has 0 saturated carbocycles. The summed E-state index contributed by atoms with van der Waals surface area (Å²) in [6.07, 6.45) is 9.89. The Kier molecular flexibility index (Phi) is 8.44. The Bertz CT molecular complexity index is 452. The summed E-state index contributed by atoms with van der Waals surface area (Å²) in [5, 5.41) is 8.64. The molecule has 0 amide bonds. The van der Waals surface area contributed by atoms with Gasteiger partial charge in [0.05, 0.1) is 6.10 Å². The molecule has 0 aliphatic rings. The topological polar surface area (TPSA) is 46.5 Å². The summed E-state index contributed by atoms with van der Waals surface area (Å²) in [4.78, 5) is 10.5. The molecule has 1 atom stereocenters. The molecule has 0 aliphatic heterocycles. The van der Waals surface area contributed by atoms with E-state index in [9.17, 15) is 4.79 Å². The fraction of sp³-hybridized carbons (Fsp3) is 0.500. The number of methoxy groups -OCH3 is 1. The van der Waals surface area contributed by atoms with Gasteiger partial charge in [-0.05, 0) is 42.9 Å². The van der Waals surface area contributed by atoms with Crippen LogP contribution in [0.25, 0.3) is 6.08 Å². The van der Waals surface area contributed by atoms with Crippen LogP contribution in [-0.4, -0.2) is 24.3 Å². The zero-order chi connectivity index (χ0) is 15.5. The van der Waals surface area contributed by atoms with E-state index >= 15 is 0 Å². The molecule has 0 aromatic heterocycles. The molecule has 0 saturated heterocycles. The first-order valence-electron chi connectivity index (χ1n) is 7.68. The first-order chi connectivity index (χ1) is 10.2. The standard InChI is InChI=1S/C18H26O3/c1-3-4-10-17(21-2)11-6-9-15-7-5-8-16(14-15)12-13-18(19)20/h5,7-8,12-14,17H,3-4,6,9-11H2,1-2H3,(H,19,20). The number of ether oxygens (including phenoxy) is 1. The van der Waals surface area contributed by atoms with Crippen molar-refractivity contribution in [3.05, 3.63) is 41.5 Å². The van der Waals surface area contributed by atoms with Crippen LogP contribution in [0.1, 0.15) is 50.2 Å². The van der Waals surface area contributed by atoms with Crippen molar-refractivity contribution in [1.29, 1.82) is 0 Å². The molecule has 21 heavy (non-hydrogen) atoms. The number of unbranched alkanes of at least 4 members (excludes halogenated alkanes) is 1. The molecular weight excluding hydrogens is 264 g/mol. The van der Waals surface area contributed by atoms with Gasteiger partial charge in [0.15, 0.2) is 0 Å². The second-order valence-corrected chi connectivity index (χ2v) is 5.31. The van der Waals surface area contributed by atoms with Gasteiger partial charge in [-0.2, -0.15) is 0 Å². The maximum absolute atomic E-state index is 10.5. The number of carboxylic acid groups (broad SMARTS) is 1. The molecule has 3 heteroatoms. The van der Waals surface area contributed by atoms with Gasteiger partial charge in [-0.3, -0.25) is 0 Å². The SMILES string of the molecule is CCCCC(CCCc1cccc(C=CC(=O)O)c1)OC. The fourth-order valence-corrected chi connectivity index (χ4v) is 2.37. The van der Waals surface area contributed by atoms with Crippen LogP contribution in [0, 0.1) is 0 Å². The third-order valence-corrected chi connectivity index (χ3v) is 3.57. The zero-order valence-electron chi connectivity index (χ0n) is 13.0. The van der Waals surface area contributed by atoms with E-state index in [1.165, 1.54) is 24.5 Å². The van der Waals surface area contributed by atoms with Crippen LogP contribution in [0.15, 0.2) is 30.3 Å². The number of rotatable bonds is 10. The summed E-state index contributed by atoms with van der Waals surface area (Å²) in [7, 11) is 1.79. The maximum Gasteiger partial charge on any atom is 0.328 e. The normalized spacial score (nSPS) is 12.7. The molecule has 0 bridgehead atoms. The van der Waals surface area contributed by atoms with Gasteiger partial charge in [0.25, 0.3) is 0 Å². The summed E-state index contributed by atoms with van der Waals surface area (Å²) >= 11 is 0. The van der Waals surface area contributed by atoms with E-state index in [1.54, 1.807) is 13.2 Å². The predicted molar refractivity (Wildman–Crippen MR) is 86.4 cm³/mol. The van der Waals surface area contributed by atoms with Crippen molar-refractivity contribution in [2.75, 3.05) is 7.11 Å². The Hall–Kier alpha value is -1.61. The number of hydrogen-bond acceptors (Lipinski definition) is 2. The summed E-state index contributed by atoms with van der Waals surface area (Å²) in [5.74, 6) is -0.917. The second kappa shape index (κ2) is 10.2. The summed E-state index contributed by atoms with van der Waals surface area (Å²) in [6.45, 7) is 2.20. The minimum atomic E-state index is -0.917. The molecule has 116 valence electrons. The average molecular weight is 290 g/mol. The smallest absolute Gasteiger partial charge is 0.328 e. The molecule has 0 radical (unpaired) electrons. The van der Waals surface area contributed by atoms with E-state index in [0.29, 0.717) is 6.10 Å².